The molecule has 0 saturated heterocycles. The van der Waals surface area contributed by atoms with Crippen LogP contribution in [-0.2, 0) is 5.67 Å². The van der Waals surface area contributed by atoms with Gasteiger partial charge < -0.3 is 9.47 Å². The molecule has 12 heteroatoms. The van der Waals surface area contributed by atoms with Crippen molar-refractivity contribution < 1.29 is 27.0 Å². The molecule has 8 nitrogen and oxygen atoms in total. The second-order valence-electron chi connectivity index (χ2n) is 15.5. The largest absolute Gasteiger partial charge is 0.457 e. The Kier molecular flexibility index (Phi) is 11.7. The van der Waals surface area contributed by atoms with Gasteiger partial charge in [-0.05, 0) is 72.8 Å². The molecular weight excluding hydrogens is 865 g/mol. The summed E-state index contributed by atoms with van der Waals surface area (Å²) in [5.41, 5.74) is -0.347. The summed E-state index contributed by atoms with van der Waals surface area (Å²) in [5.74, 6) is 4.16. The van der Waals surface area contributed by atoms with E-state index in [2.05, 4.69) is 0 Å². The molecule has 10 aromatic rings. The van der Waals surface area contributed by atoms with Gasteiger partial charge in [0.05, 0.1) is 0 Å². The van der Waals surface area contributed by atoms with Gasteiger partial charge in [-0.25, -0.2) is 34.3 Å². The Morgan fingerprint density at radius 1 is 0.250 bits per heavy atom. The van der Waals surface area contributed by atoms with E-state index in [0.717, 1.165) is 46.5 Å². The molecule has 0 aliphatic carbocycles. The predicted molar refractivity (Wildman–Crippen MR) is 253 cm³/mol. The number of hydrogen-bond donors (Lipinski definition) is 0. The molecular formula is C56H36F4N6O2. The van der Waals surface area contributed by atoms with Crippen molar-refractivity contribution in [1.82, 2.24) is 29.9 Å². The molecule has 0 saturated carbocycles. The van der Waals surface area contributed by atoms with Crippen molar-refractivity contribution in [3.63, 3.8) is 0 Å². The number of nitrogens with zero attached hydrogens (tertiary/aromatic N) is 6. The van der Waals surface area contributed by atoms with Crippen molar-refractivity contribution in [2.75, 3.05) is 0 Å². The van der Waals surface area contributed by atoms with Gasteiger partial charge in [-0.1, -0.05) is 146 Å². The highest BCUT2D eigenvalue weighted by molar-refractivity contribution is 5.68. The lowest BCUT2D eigenvalue weighted by Gasteiger charge is -2.29. The van der Waals surface area contributed by atoms with Gasteiger partial charge in [0.1, 0.15) is 23.0 Å². The van der Waals surface area contributed by atoms with Gasteiger partial charge in [0, 0.05) is 44.5 Å². The number of rotatable bonds is 12. The number of hydrogen-bond acceptors (Lipinski definition) is 8. The maximum atomic E-state index is 16.6. The molecule has 0 spiro atoms. The summed E-state index contributed by atoms with van der Waals surface area (Å²) in [6.45, 7) is 0. The van der Waals surface area contributed by atoms with Crippen molar-refractivity contribution in [2.24, 2.45) is 0 Å². The van der Waals surface area contributed by atoms with E-state index in [-0.39, 0.29) is 11.5 Å². The van der Waals surface area contributed by atoms with E-state index in [1.807, 2.05) is 121 Å². The van der Waals surface area contributed by atoms with Crippen LogP contribution in [0.1, 0.15) is 11.1 Å². The van der Waals surface area contributed by atoms with Crippen LogP contribution < -0.4 is 9.47 Å². The molecule has 0 unspecified atom stereocenters. The van der Waals surface area contributed by atoms with Crippen LogP contribution in [0.2, 0.25) is 0 Å². The Bertz CT molecular complexity index is 2960. The first-order valence-electron chi connectivity index (χ1n) is 21.4. The highest BCUT2D eigenvalue weighted by atomic mass is 19.4. The minimum atomic E-state index is -5.30. The summed E-state index contributed by atoms with van der Waals surface area (Å²) in [4.78, 5) is 28.4. The Balaban J connectivity index is 0.839. The highest BCUT2D eigenvalue weighted by Gasteiger charge is 2.58. The normalized spacial score (nSPS) is 11.5. The van der Waals surface area contributed by atoms with Gasteiger partial charge in [0.25, 0.3) is 5.67 Å². The monoisotopic (exact) mass is 900 g/mol. The fourth-order valence-corrected chi connectivity index (χ4v) is 7.49. The first-order chi connectivity index (χ1) is 33.2. The number of ether oxygens (including phenoxy) is 2. The van der Waals surface area contributed by atoms with E-state index in [1.165, 1.54) is 24.3 Å². The van der Waals surface area contributed by atoms with Gasteiger partial charge in [-0.2, -0.15) is 13.2 Å². The highest BCUT2D eigenvalue weighted by Crippen LogP contribution is 2.48. The third-order valence-corrected chi connectivity index (χ3v) is 11.0. The van der Waals surface area contributed by atoms with E-state index >= 15 is 4.39 Å². The van der Waals surface area contributed by atoms with Gasteiger partial charge in [0.2, 0.25) is 0 Å². The van der Waals surface area contributed by atoms with E-state index in [4.69, 9.17) is 39.4 Å². The molecule has 0 atom stereocenters. The van der Waals surface area contributed by atoms with Crippen molar-refractivity contribution in [3.05, 3.63) is 230 Å². The van der Waals surface area contributed by atoms with Gasteiger partial charge in [0.15, 0.2) is 34.9 Å². The lowest BCUT2D eigenvalue weighted by molar-refractivity contribution is -0.219. The van der Waals surface area contributed by atoms with E-state index in [9.17, 15) is 13.2 Å². The third kappa shape index (κ3) is 9.16. The van der Waals surface area contributed by atoms with Crippen LogP contribution in [0.15, 0.2) is 218 Å². The van der Waals surface area contributed by atoms with Gasteiger partial charge in [-0.3, -0.25) is 0 Å². The van der Waals surface area contributed by atoms with Crippen molar-refractivity contribution in [1.29, 1.82) is 0 Å². The minimum absolute atomic E-state index is 0.211. The predicted octanol–water partition coefficient (Wildman–Crippen LogP) is 14.4. The van der Waals surface area contributed by atoms with E-state index in [0.29, 0.717) is 57.6 Å². The molecule has 0 N–H and O–H groups in total. The number of halogens is 4. The molecule has 330 valence electrons. The Morgan fingerprint density at radius 3 is 0.676 bits per heavy atom. The summed E-state index contributed by atoms with van der Waals surface area (Å²) in [7, 11) is 0. The van der Waals surface area contributed by atoms with E-state index in [1.54, 1.807) is 48.5 Å². The molecule has 10 rings (SSSR count). The standard InChI is InChI=1S/C56H36F4N6O2/c57-55(56(58,59)60,43-25-33-47(34-26-43)67-45-29-21-41(22-30-45)53-63-49(37-13-5-1-6-14-37)61-50(64-53)38-15-7-2-8-16-38)44-27-35-48(36-28-44)68-46-31-23-42(24-32-46)54-65-51(39-17-9-3-10-18-39)62-52(66-54)40-19-11-4-12-20-40/h1-36H. The summed E-state index contributed by atoms with van der Waals surface area (Å²) in [6.07, 6.45) is -5.30. The molecule has 2 aromatic heterocycles. The van der Waals surface area contributed by atoms with Crippen molar-refractivity contribution in [3.8, 4) is 91.3 Å². The second kappa shape index (κ2) is 18.5. The van der Waals surface area contributed by atoms with Crippen LogP contribution in [0.3, 0.4) is 0 Å². The topological polar surface area (TPSA) is 95.8 Å². The summed E-state index contributed by atoms with van der Waals surface area (Å²) >= 11 is 0. The average Bonchev–Trinajstić information content (AvgIpc) is 3.40. The van der Waals surface area contributed by atoms with Crippen LogP contribution in [-0.4, -0.2) is 36.1 Å². The fourth-order valence-electron chi connectivity index (χ4n) is 7.49. The van der Waals surface area contributed by atoms with Gasteiger partial charge >= 0.3 is 6.18 Å². The van der Waals surface area contributed by atoms with Crippen molar-refractivity contribution >= 4 is 0 Å². The molecule has 68 heavy (non-hydrogen) atoms. The van der Waals surface area contributed by atoms with Crippen LogP contribution in [0, 0.1) is 0 Å². The average molecular weight is 901 g/mol. The maximum absolute atomic E-state index is 16.6. The first-order valence-corrected chi connectivity index (χ1v) is 21.4. The second-order valence-corrected chi connectivity index (χ2v) is 15.5. The zero-order valence-electron chi connectivity index (χ0n) is 35.8. The zero-order valence-corrected chi connectivity index (χ0v) is 35.8. The SMILES string of the molecule is FC(F)(F)C(F)(c1ccc(Oc2ccc(-c3nc(-c4ccccc4)nc(-c4ccccc4)n3)cc2)cc1)c1ccc(Oc2ccc(-c3nc(-c4ccccc4)nc(-c4ccccc4)n3)cc2)cc1. The first kappa shape index (κ1) is 43.0. The Hall–Kier alpha value is -8.90. The molecule has 0 bridgehead atoms. The van der Waals surface area contributed by atoms with Gasteiger partial charge in [-0.15, -0.1) is 0 Å². The molecule has 0 amide bonds. The summed E-state index contributed by atoms with van der Waals surface area (Å²) < 4.78 is 72.8. The molecule has 0 aliphatic heterocycles. The lowest BCUT2D eigenvalue weighted by atomic mass is 9.87. The fraction of sp³-hybridized carbons (Fsp3) is 0.0357. The number of aromatic nitrogens is 6. The molecule has 0 aliphatic rings. The Morgan fingerprint density at radius 2 is 0.456 bits per heavy atom. The van der Waals surface area contributed by atoms with Crippen molar-refractivity contribution in [2.45, 2.75) is 11.8 Å². The lowest BCUT2D eigenvalue weighted by Crippen LogP contribution is -2.39. The van der Waals surface area contributed by atoms with Crippen LogP contribution >= 0.6 is 0 Å². The summed E-state index contributed by atoms with van der Waals surface area (Å²) in [6, 6.07) is 61.8. The third-order valence-electron chi connectivity index (χ3n) is 11.0. The molecule has 0 fully saturated rings. The Labute approximate surface area is 388 Å². The van der Waals surface area contributed by atoms with Crippen LogP contribution in [0.25, 0.3) is 68.3 Å². The van der Waals surface area contributed by atoms with Crippen LogP contribution in [0.4, 0.5) is 17.6 Å². The number of benzene rings is 8. The molecule has 0 radical (unpaired) electrons. The zero-order chi connectivity index (χ0) is 46.5. The van der Waals surface area contributed by atoms with Crippen LogP contribution in [0.5, 0.6) is 23.0 Å². The minimum Gasteiger partial charge on any atom is -0.457 e. The smallest absolute Gasteiger partial charge is 0.431 e. The summed E-state index contributed by atoms with van der Waals surface area (Å²) in [5, 5.41) is 0. The molecule has 8 aromatic carbocycles. The number of alkyl halides is 4. The molecule has 2 heterocycles. The quantitative estimate of drug-likeness (QED) is 0.112. The van der Waals surface area contributed by atoms with E-state index < -0.39 is 23.0 Å². The maximum Gasteiger partial charge on any atom is 0.431 e.